The van der Waals surface area contributed by atoms with E-state index >= 15 is 0 Å². The van der Waals surface area contributed by atoms with Gasteiger partial charge in [0.25, 0.3) is 0 Å². The number of ether oxygens (including phenoxy) is 3. The Bertz CT molecular complexity index is 1160. The number of carbonyl (C=O) groups is 2. The average molecular weight is 387 g/mol. The molecule has 3 aromatic carbocycles. The molecule has 0 fully saturated rings. The molecule has 4 rings (SSSR count). The highest BCUT2D eigenvalue weighted by Crippen LogP contribution is 2.36. The molecule has 144 valence electrons. The number of nitrogens with zero attached hydrogens (tertiary/aromatic N) is 1. The van der Waals surface area contributed by atoms with E-state index < -0.39 is 11.9 Å². The van der Waals surface area contributed by atoms with Gasteiger partial charge >= 0.3 is 11.9 Å². The maximum atomic E-state index is 12.1. The minimum atomic E-state index is -0.579. The summed E-state index contributed by atoms with van der Waals surface area (Å²) in [5.41, 5.74) is 1.93. The number of carbonyl (C=O) groups excluding carboxylic acids is 2. The highest BCUT2D eigenvalue weighted by atomic mass is 16.5. The summed E-state index contributed by atoms with van der Waals surface area (Å²) in [4.78, 5) is 28.8. The van der Waals surface area contributed by atoms with E-state index in [0.717, 1.165) is 21.8 Å². The lowest BCUT2D eigenvalue weighted by Gasteiger charge is -2.14. The monoisotopic (exact) mass is 387 g/mol. The van der Waals surface area contributed by atoms with Gasteiger partial charge in [0.1, 0.15) is 11.5 Å². The molecule has 0 saturated heterocycles. The van der Waals surface area contributed by atoms with Gasteiger partial charge in [0, 0.05) is 10.8 Å². The molecule has 0 aliphatic carbocycles. The number of hydrogen-bond acceptors (Lipinski definition) is 6. The lowest BCUT2D eigenvalue weighted by molar-refractivity contribution is 0.0598. The molecule has 0 spiro atoms. The van der Waals surface area contributed by atoms with Crippen LogP contribution in [0.25, 0.3) is 21.8 Å². The number of pyridine rings is 1. The van der Waals surface area contributed by atoms with Crippen molar-refractivity contribution >= 4 is 33.7 Å². The number of para-hydroxylation sites is 2. The molecular weight excluding hydrogens is 370 g/mol. The summed E-state index contributed by atoms with van der Waals surface area (Å²) in [6, 6.07) is 19.7. The van der Waals surface area contributed by atoms with Gasteiger partial charge in [-0.1, -0.05) is 24.3 Å². The number of aromatic nitrogens is 1. The SMILES string of the molecule is COC(=O)c1cc(Oc2c3ccccc3nc3ccccc23)cc(C(=O)OC)c1. The summed E-state index contributed by atoms with van der Waals surface area (Å²) in [6.45, 7) is 0. The second-order valence-corrected chi connectivity index (χ2v) is 6.31. The largest absolute Gasteiger partial charge is 0.465 e. The quantitative estimate of drug-likeness (QED) is 0.371. The van der Waals surface area contributed by atoms with Crippen molar-refractivity contribution < 1.29 is 23.8 Å². The molecule has 1 heterocycles. The Morgan fingerprint density at radius 3 is 1.69 bits per heavy atom. The lowest BCUT2D eigenvalue weighted by atomic mass is 10.1. The third-order valence-electron chi connectivity index (χ3n) is 4.51. The number of hydrogen-bond donors (Lipinski definition) is 0. The van der Waals surface area contributed by atoms with Gasteiger partial charge in [-0.15, -0.1) is 0 Å². The number of fused-ring (bicyclic) bond motifs is 2. The van der Waals surface area contributed by atoms with Crippen LogP contribution in [0.2, 0.25) is 0 Å². The van der Waals surface area contributed by atoms with Crippen molar-refractivity contribution in [3.8, 4) is 11.5 Å². The standard InChI is InChI=1S/C23H17NO5/c1-27-22(25)14-11-15(23(26)28-2)13-16(12-14)29-21-17-7-3-5-9-19(17)24-20-10-6-4-8-18(20)21/h3-13H,1-2H3. The fourth-order valence-electron chi connectivity index (χ4n) is 3.16. The Morgan fingerprint density at radius 1 is 0.724 bits per heavy atom. The number of methoxy groups -OCH3 is 2. The molecule has 0 atom stereocenters. The van der Waals surface area contributed by atoms with Crippen molar-refractivity contribution in [2.75, 3.05) is 14.2 Å². The number of esters is 2. The highest BCUT2D eigenvalue weighted by Gasteiger charge is 2.17. The van der Waals surface area contributed by atoms with E-state index in [9.17, 15) is 9.59 Å². The summed E-state index contributed by atoms with van der Waals surface area (Å²) in [6.07, 6.45) is 0. The molecular formula is C23H17NO5. The molecule has 0 radical (unpaired) electrons. The second kappa shape index (κ2) is 7.59. The van der Waals surface area contributed by atoms with E-state index in [2.05, 4.69) is 4.98 Å². The van der Waals surface area contributed by atoms with Crippen molar-refractivity contribution in [1.82, 2.24) is 4.98 Å². The van der Waals surface area contributed by atoms with Crippen molar-refractivity contribution in [1.29, 1.82) is 0 Å². The van der Waals surface area contributed by atoms with E-state index in [1.54, 1.807) is 0 Å². The predicted octanol–water partition coefficient (Wildman–Crippen LogP) is 4.75. The van der Waals surface area contributed by atoms with Crippen molar-refractivity contribution in [3.05, 3.63) is 77.9 Å². The van der Waals surface area contributed by atoms with Gasteiger partial charge in [-0.25, -0.2) is 14.6 Å². The Balaban J connectivity index is 1.92. The summed E-state index contributed by atoms with van der Waals surface area (Å²) in [5, 5.41) is 1.63. The van der Waals surface area contributed by atoms with E-state index in [0.29, 0.717) is 11.5 Å². The van der Waals surface area contributed by atoms with Crippen LogP contribution < -0.4 is 4.74 Å². The van der Waals surface area contributed by atoms with Gasteiger partial charge in [-0.2, -0.15) is 0 Å². The Hall–Kier alpha value is -3.93. The normalized spacial score (nSPS) is 10.7. The van der Waals surface area contributed by atoms with Gasteiger partial charge < -0.3 is 14.2 Å². The zero-order valence-corrected chi connectivity index (χ0v) is 15.8. The van der Waals surface area contributed by atoms with E-state index in [1.807, 2.05) is 48.5 Å². The molecule has 29 heavy (non-hydrogen) atoms. The van der Waals surface area contributed by atoms with Gasteiger partial charge in [0.15, 0.2) is 0 Å². The lowest BCUT2D eigenvalue weighted by Crippen LogP contribution is -2.07. The van der Waals surface area contributed by atoms with Crippen LogP contribution in [-0.2, 0) is 9.47 Å². The van der Waals surface area contributed by atoms with Crippen LogP contribution in [0.5, 0.6) is 11.5 Å². The zero-order chi connectivity index (χ0) is 20.4. The van der Waals surface area contributed by atoms with Gasteiger partial charge in [0.05, 0.1) is 36.4 Å². The van der Waals surface area contributed by atoms with Crippen molar-refractivity contribution in [2.24, 2.45) is 0 Å². The Kier molecular flexibility index (Phi) is 4.83. The summed E-state index contributed by atoms with van der Waals surface area (Å²) in [5.74, 6) is -0.256. The molecule has 0 N–H and O–H groups in total. The van der Waals surface area contributed by atoms with Crippen LogP contribution in [0.4, 0.5) is 0 Å². The molecule has 0 amide bonds. The molecule has 1 aromatic heterocycles. The van der Waals surface area contributed by atoms with Crippen LogP contribution in [-0.4, -0.2) is 31.1 Å². The molecule has 0 aliphatic rings. The van der Waals surface area contributed by atoms with E-state index in [4.69, 9.17) is 14.2 Å². The number of rotatable bonds is 4. The third kappa shape index (κ3) is 3.48. The smallest absolute Gasteiger partial charge is 0.338 e. The van der Waals surface area contributed by atoms with Crippen LogP contribution >= 0.6 is 0 Å². The maximum absolute atomic E-state index is 12.1. The topological polar surface area (TPSA) is 74.7 Å². The fraction of sp³-hybridized carbons (Fsp3) is 0.0870. The molecule has 4 aromatic rings. The first-order valence-electron chi connectivity index (χ1n) is 8.88. The first-order chi connectivity index (χ1) is 14.1. The number of benzene rings is 3. The van der Waals surface area contributed by atoms with Crippen LogP contribution in [0, 0.1) is 0 Å². The van der Waals surface area contributed by atoms with Gasteiger partial charge in [-0.05, 0) is 42.5 Å². The third-order valence-corrected chi connectivity index (χ3v) is 4.51. The molecule has 0 bridgehead atoms. The highest BCUT2D eigenvalue weighted by molar-refractivity contribution is 6.01. The summed E-state index contributed by atoms with van der Waals surface area (Å²) >= 11 is 0. The van der Waals surface area contributed by atoms with E-state index in [1.165, 1.54) is 32.4 Å². The summed E-state index contributed by atoms with van der Waals surface area (Å²) < 4.78 is 15.8. The summed E-state index contributed by atoms with van der Waals surface area (Å²) in [7, 11) is 2.55. The van der Waals surface area contributed by atoms with Crippen molar-refractivity contribution in [3.63, 3.8) is 0 Å². The molecule has 6 heteroatoms. The molecule has 0 aliphatic heterocycles. The van der Waals surface area contributed by atoms with Crippen LogP contribution in [0.15, 0.2) is 66.7 Å². The van der Waals surface area contributed by atoms with Gasteiger partial charge in [0.2, 0.25) is 0 Å². The fourth-order valence-corrected chi connectivity index (χ4v) is 3.16. The minimum Gasteiger partial charge on any atom is -0.465 e. The molecule has 0 saturated carbocycles. The second-order valence-electron chi connectivity index (χ2n) is 6.31. The molecule has 0 unspecified atom stereocenters. The molecule has 6 nitrogen and oxygen atoms in total. The minimum absolute atomic E-state index is 0.188. The maximum Gasteiger partial charge on any atom is 0.338 e. The first kappa shape index (κ1) is 18.4. The first-order valence-corrected chi connectivity index (χ1v) is 8.88. The zero-order valence-electron chi connectivity index (χ0n) is 15.8. The van der Waals surface area contributed by atoms with Crippen molar-refractivity contribution in [2.45, 2.75) is 0 Å². The Morgan fingerprint density at radius 2 is 1.21 bits per heavy atom. The van der Waals surface area contributed by atoms with Crippen LogP contribution in [0.1, 0.15) is 20.7 Å². The van der Waals surface area contributed by atoms with Gasteiger partial charge in [-0.3, -0.25) is 0 Å². The predicted molar refractivity (Wildman–Crippen MR) is 108 cm³/mol. The average Bonchev–Trinajstić information content (AvgIpc) is 2.77. The van der Waals surface area contributed by atoms with E-state index in [-0.39, 0.29) is 11.1 Å². The Labute approximate surface area is 166 Å². The van der Waals surface area contributed by atoms with Crippen LogP contribution in [0.3, 0.4) is 0 Å².